The number of carbonyl (C=O) groups excluding carboxylic acids is 1. The maximum absolute atomic E-state index is 13.3. The summed E-state index contributed by atoms with van der Waals surface area (Å²) in [6.07, 6.45) is 5.09. The molecule has 2 aliphatic rings. The van der Waals surface area contributed by atoms with Crippen molar-refractivity contribution in [3.8, 4) is 5.75 Å². The Morgan fingerprint density at radius 3 is 2.62 bits per heavy atom. The molecular weight excluding hydrogens is 430 g/mol. The summed E-state index contributed by atoms with van der Waals surface area (Å²) < 4.78 is 5.47. The monoisotopic (exact) mass is 455 g/mol. The molecule has 1 amide bonds. The molecule has 172 valence electrons. The van der Waals surface area contributed by atoms with E-state index in [1.165, 1.54) is 6.07 Å². The molecule has 0 spiro atoms. The maximum atomic E-state index is 13.3. The number of para-hydroxylation sites is 2. The minimum Gasteiger partial charge on any atom is -0.494 e. The van der Waals surface area contributed by atoms with E-state index in [4.69, 9.17) is 4.74 Å². The first-order chi connectivity index (χ1) is 16.6. The molecule has 0 fully saturated rings. The number of benzene rings is 3. The Morgan fingerprint density at radius 2 is 1.85 bits per heavy atom. The summed E-state index contributed by atoms with van der Waals surface area (Å²) in [5.74, 6) is 0.721. The van der Waals surface area contributed by atoms with Crippen molar-refractivity contribution in [1.29, 1.82) is 0 Å². The summed E-state index contributed by atoms with van der Waals surface area (Å²) >= 11 is 0. The van der Waals surface area contributed by atoms with Gasteiger partial charge in [-0.1, -0.05) is 42.5 Å². The van der Waals surface area contributed by atoms with Gasteiger partial charge in [0.05, 0.1) is 34.4 Å². The maximum Gasteiger partial charge on any atom is 0.274 e. The van der Waals surface area contributed by atoms with Crippen LogP contribution in [0.15, 0.2) is 78.9 Å². The second-order valence-corrected chi connectivity index (χ2v) is 8.47. The highest BCUT2D eigenvalue weighted by Gasteiger charge is 2.41. The first-order valence-electron chi connectivity index (χ1n) is 11.4. The molecule has 5 rings (SSSR count). The van der Waals surface area contributed by atoms with E-state index in [2.05, 4.69) is 22.8 Å². The smallest absolute Gasteiger partial charge is 0.274 e. The Balaban J connectivity index is 1.50. The first-order valence-corrected chi connectivity index (χ1v) is 11.4. The Bertz CT molecular complexity index is 1270. The summed E-state index contributed by atoms with van der Waals surface area (Å²) in [4.78, 5) is 24.7. The number of ether oxygens (including phenoxy) is 1. The Labute approximate surface area is 197 Å². The van der Waals surface area contributed by atoms with Gasteiger partial charge in [-0.05, 0) is 55.2 Å². The lowest BCUT2D eigenvalue weighted by Gasteiger charge is -2.38. The zero-order valence-electron chi connectivity index (χ0n) is 18.7. The molecule has 1 aliphatic heterocycles. The largest absolute Gasteiger partial charge is 0.494 e. The van der Waals surface area contributed by atoms with Crippen LogP contribution in [0.1, 0.15) is 46.8 Å². The van der Waals surface area contributed by atoms with E-state index in [-0.39, 0.29) is 34.4 Å². The van der Waals surface area contributed by atoms with Crippen molar-refractivity contribution in [2.75, 3.05) is 17.2 Å². The van der Waals surface area contributed by atoms with Crippen molar-refractivity contribution >= 4 is 23.0 Å². The minimum absolute atomic E-state index is 0.0827. The van der Waals surface area contributed by atoms with Gasteiger partial charge >= 0.3 is 0 Å². The molecule has 1 heterocycles. The fraction of sp³-hybridized carbons (Fsp3) is 0.222. The number of fused-ring (bicyclic) bond motifs is 3. The van der Waals surface area contributed by atoms with E-state index in [0.717, 1.165) is 23.4 Å². The number of hydrogen-bond donors (Lipinski definition) is 2. The number of anilines is 2. The minimum atomic E-state index is -0.339. The Kier molecular flexibility index (Phi) is 5.76. The zero-order chi connectivity index (χ0) is 23.7. The Morgan fingerprint density at radius 1 is 1.09 bits per heavy atom. The van der Waals surface area contributed by atoms with E-state index in [1.54, 1.807) is 30.3 Å². The zero-order valence-corrected chi connectivity index (χ0v) is 18.7. The molecular formula is C27H25N3O4. The van der Waals surface area contributed by atoms with Crippen LogP contribution in [-0.2, 0) is 0 Å². The molecule has 3 unspecified atom stereocenters. The second-order valence-electron chi connectivity index (χ2n) is 8.47. The average Bonchev–Trinajstić information content (AvgIpc) is 3.35. The van der Waals surface area contributed by atoms with E-state index in [1.807, 2.05) is 37.3 Å². The molecule has 2 N–H and O–H groups in total. The van der Waals surface area contributed by atoms with Crippen molar-refractivity contribution in [1.82, 2.24) is 0 Å². The van der Waals surface area contributed by atoms with E-state index in [0.29, 0.717) is 23.4 Å². The number of allylic oxidation sites excluding steroid dienone is 2. The van der Waals surface area contributed by atoms with Gasteiger partial charge in [0, 0.05) is 17.7 Å². The summed E-state index contributed by atoms with van der Waals surface area (Å²) in [7, 11) is 0. The van der Waals surface area contributed by atoms with Gasteiger partial charge in [0.2, 0.25) is 0 Å². The van der Waals surface area contributed by atoms with Crippen molar-refractivity contribution in [3.63, 3.8) is 0 Å². The summed E-state index contributed by atoms with van der Waals surface area (Å²) in [6.45, 7) is 2.49. The normalized spacial score (nSPS) is 20.1. The van der Waals surface area contributed by atoms with Gasteiger partial charge in [-0.2, -0.15) is 0 Å². The third-order valence-electron chi connectivity index (χ3n) is 6.53. The summed E-state index contributed by atoms with van der Waals surface area (Å²) in [5.41, 5.74) is 3.66. The van der Waals surface area contributed by atoms with Gasteiger partial charge in [-0.25, -0.2) is 0 Å². The molecule has 7 heteroatoms. The predicted octanol–water partition coefficient (Wildman–Crippen LogP) is 6.07. The van der Waals surface area contributed by atoms with E-state index < -0.39 is 0 Å². The van der Waals surface area contributed by atoms with Crippen molar-refractivity contribution in [2.24, 2.45) is 5.92 Å². The average molecular weight is 456 g/mol. The number of carbonyl (C=O) groups is 1. The number of hydrogen-bond acceptors (Lipinski definition) is 5. The van der Waals surface area contributed by atoms with E-state index >= 15 is 0 Å². The van der Waals surface area contributed by atoms with Gasteiger partial charge in [0.1, 0.15) is 5.75 Å². The molecule has 0 bridgehead atoms. The quantitative estimate of drug-likeness (QED) is 0.267. The van der Waals surface area contributed by atoms with Crippen LogP contribution in [0.4, 0.5) is 17.1 Å². The molecule has 0 radical (unpaired) electrons. The van der Waals surface area contributed by atoms with Crippen LogP contribution in [0.3, 0.4) is 0 Å². The second kappa shape index (κ2) is 9.02. The van der Waals surface area contributed by atoms with Crippen LogP contribution in [0.5, 0.6) is 5.75 Å². The topological polar surface area (TPSA) is 93.5 Å². The van der Waals surface area contributed by atoms with Gasteiger partial charge in [-0.15, -0.1) is 0 Å². The molecule has 3 aromatic carbocycles. The number of amides is 1. The predicted molar refractivity (Wildman–Crippen MR) is 131 cm³/mol. The van der Waals surface area contributed by atoms with Crippen molar-refractivity contribution in [3.05, 3.63) is 106 Å². The molecule has 0 aromatic heterocycles. The van der Waals surface area contributed by atoms with Gasteiger partial charge < -0.3 is 15.4 Å². The van der Waals surface area contributed by atoms with E-state index in [9.17, 15) is 14.9 Å². The third kappa shape index (κ3) is 3.90. The molecule has 1 aliphatic carbocycles. The number of rotatable bonds is 6. The van der Waals surface area contributed by atoms with Gasteiger partial charge in [0.15, 0.2) is 0 Å². The Hall–Kier alpha value is -4.13. The lowest BCUT2D eigenvalue weighted by Crippen LogP contribution is -2.31. The molecule has 34 heavy (non-hydrogen) atoms. The highest BCUT2D eigenvalue weighted by Crippen LogP contribution is 2.51. The fourth-order valence-corrected chi connectivity index (χ4v) is 5.03. The fourth-order valence-electron chi connectivity index (χ4n) is 5.03. The number of nitrogens with one attached hydrogen (secondary N) is 2. The lowest BCUT2D eigenvalue weighted by molar-refractivity contribution is -0.385. The molecule has 7 nitrogen and oxygen atoms in total. The molecule has 0 saturated heterocycles. The number of nitro groups is 1. The van der Waals surface area contributed by atoms with Crippen LogP contribution >= 0.6 is 0 Å². The van der Waals surface area contributed by atoms with Crippen molar-refractivity contribution in [2.45, 2.75) is 25.3 Å². The number of nitro benzene ring substituents is 1. The molecule has 0 saturated carbocycles. The highest BCUT2D eigenvalue weighted by atomic mass is 16.6. The standard InChI is InChI=1S/C27H25N3O4/c1-2-34-18-15-13-17(14-16-18)28-27(31)23-11-6-10-21-19-8-5-9-20(19)25(29-26(21)23)22-7-3-4-12-24(22)30(32)33/h3-8,10-16,19-20,25,29H,2,9H2,1H3,(H,28,31). The molecule has 3 atom stereocenters. The van der Waals surface area contributed by atoms with Crippen molar-refractivity contribution < 1.29 is 14.5 Å². The van der Waals surface area contributed by atoms with Crippen LogP contribution in [-0.4, -0.2) is 17.4 Å². The van der Waals surface area contributed by atoms with Crippen LogP contribution in [0.25, 0.3) is 0 Å². The molecule has 3 aromatic rings. The lowest BCUT2D eigenvalue weighted by atomic mass is 9.76. The first kappa shape index (κ1) is 21.7. The van der Waals surface area contributed by atoms with Crippen LogP contribution in [0.2, 0.25) is 0 Å². The summed E-state index contributed by atoms with van der Waals surface area (Å²) in [5, 5.41) is 18.2. The van der Waals surface area contributed by atoms with Crippen LogP contribution < -0.4 is 15.4 Å². The SMILES string of the molecule is CCOc1ccc(NC(=O)c2cccc3c2NC(c2ccccc2[N+](=O)[O-])C2CC=CC32)cc1. The third-order valence-corrected chi connectivity index (χ3v) is 6.53. The van der Waals surface area contributed by atoms with Gasteiger partial charge in [0.25, 0.3) is 11.6 Å². The number of nitrogens with zero attached hydrogens (tertiary/aromatic N) is 1. The van der Waals surface area contributed by atoms with Gasteiger partial charge in [-0.3, -0.25) is 14.9 Å². The van der Waals surface area contributed by atoms with Crippen LogP contribution in [0, 0.1) is 16.0 Å². The summed E-state index contributed by atoms with van der Waals surface area (Å²) in [6, 6.07) is 19.5. The highest BCUT2D eigenvalue weighted by molar-refractivity contribution is 6.08.